The van der Waals surface area contributed by atoms with Crippen LogP contribution in [0, 0.1) is 6.92 Å². The van der Waals surface area contributed by atoms with Crippen LogP contribution in [0.1, 0.15) is 22.2 Å². The number of aryl methyl sites for hydroxylation is 1. The molecule has 6 nitrogen and oxygen atoms in total. The predicted molar refractivity (Wildman–Crippen MR) is 117 cm³/mol. The molecule has 3 rings (SSSR count). The maximum atomic E-state index is 13.1. The summed E-state index contributed by atoms with van der Waals surface area (Å²) in [6.07, 6.45) is 0. The first-order chi connectivity index (χ1) is 13.8. The van der Waals surface area contributed by atoms with E-state index in [9.17, 15) is 13.2 Å². The van der Waals surface area contributed by atoms with Gasteiger partial charge in [-0.2, -0.15) is 0 Å². The molecule has 29 heavy (non-hydrogen) atoms. The number of carbonyl (C=O) groups excluding carboxylic acids is 1. The van der Waals surface area contributed by atoms with E-state index in [4.69, 9.17) is 4.74 Å². The third-order valence-electron chi connectivity index (χ3n) is 4.29. The molecule has 1 aromatic heterocycles. The molecular weight excluding hydrogens is 408 g/mol. The van der Waals surface area contributed by atoms with Gasteiger partial charge in [0.2, 0.25) is 0 Å². The van der Waals surface area contributed by atoms with Gasteiger partial charge in [0.1, 0.15) is 15.5 Å². The molecule has 1 amide bonds. The quantitative estimate of drug-likeness (QED) is 0.597. The Morgan fingerprint density at radius 1 is 1.07 bits per heavy atom. The molecule has 0 radical (unpaired) electrons. The van der Waals surface area contributed by atoms with Crippen LogP contribution in [0.5, 0.6) is 5.75 Å². The van der Waals surface area contributed by atoms with Gasteiger partial charge in [0, 0.05) is 12.7 Å². The standard InChI is InChI=1S/C21H22N2O4S2/c1-4-27-18-11-7-16(8-12-18)22-21(24)20-19(13-14-28-20)29(25,26)23(3)17-9-5-15(2)6-10-17/h5-14H,4H2,1-3H3,(H,22,24). The zero-order valence-corrected chi connectivity index (χ0v) is 18.0. The minimum absolute atomic E-state index is 0.0194. The van der Waals surface area contributed by atoms with Crippen LogP contribution in [0.2, 0.25) is 0 Å². The van der Waals surface area contributed by atoms with Crippen LogP contribution in [-0.2, 0) is 10.0 Å². The maximum Gasteiger partial charge on any atom is 0.267 e. The zero-order chi connectivity index (χ0) is 21.0. The molecule has 0 saturated carbocycles. The second-order valence-electron chi connectivity index (χ2n) is 6.33. The number of amides is 1. The van der Waals surface area contributed by atoms with Crippen LogP contribution in [0.15, 0.2) is 64.9 Å². The van der Waals surface area contributed by atoms with E-state index in [2.05, 4.69) is 5.32 Å². The monoisotopic (exact) mass is 430 g/mol. The van der Waals surface area contributed by atoms with Gasteiger partial charge in [0.25, 0.3) is 15.9 Å². The molecule has 0 bridgehead atoms. The molecule has 0 aliphatic rings. The van der Waals surface area contributed by atoms with E-state index in [0.717, 1.165) is 16.9 Å². The number of nitrogens with zero attached hydrogens (tertiary/aromatic N) is 1. The Labute approximate surface area is 174 Å². The predicted octanol–water partition coefficient (Wildman–Crippen LogP) is 4.53. The lowest BCUT2D eigenvalue weighted by molar-refractivity contribution is 0.102. The summed E-state index contributed by atoms with van der Waals surface area (Å²) in [4.78, 5) is 12.9. The van der Waals surface area contributed by atoms with E-state index in [1.165, 1.54) is 17.4 Å². The first-order valence-electron chi connectivity index (χ1n) is 9.00. The van der Waals surface area contributed by atoms with Crippen molar-refractivity contribution in [3.05, 3.63) is 70.4 Å². The molecule has 0 spiro atoms. The summed E-state index contributed by atoms with van der Waals surface area (Å²) >= 11 is 1.09. The summed E-state index contributed by atoms with van der Waals surface area (Å²) in [6.45, 7) is 4.37. The molecule has 0 unspecified atom stereocenters. The van der Waals surface area contributed by atoms with Gasteiger partial charge in [0.15, 0.2) is 0 Å². The number of sulfonamides is 1. The average molecular weight is 431 g/mol. The van der Waals surface area contributed by atoms with Crippen molar-refractivity contribution in [1.29, 1.82) is 0 Å². The van der Waals surface area contributed by atoms with Gasteiger partial charge in [-0.15, -0.1) is 11.3 Å². The highest BCUT2D eigenvalue weighted by Crippen LogP contribution is 2.29. The first kappa shape index (κ1) is 20.9. The molecule has 1 N–H and O–H groups in total. The van der Waals surface area contributed by atoms with Gasteiger partial charge in [-0.1, -0.05) is 17.7 Å². The molecule has 0 aliphatic carbocycles. The third-order valence-corrected chi connectivity index (χ3v) is 7.16. The fraction of sp³-hybridized carbons (Fsp3) is 0.190. The minimum atomic E-state index is -3.88. The van der Waals surface area contributed by atoms with Crippen LogP contribution in [0.25, 0.3) is 0 Å². The van der Waals surface area contributed by atoms with Gasteiger partial charge in [-0.25, -0.2) is 8.42 Å². The van der Waals surface area contributed by atoms with Crippen molar-refractivity contribution >= 4 is 38.6 Å². The summed E-state index contributed by atoms with van der Waals surface area (Å²) in [5.41, 5.74) is 2.12. The van der Waals surface area contributed by atoms with Gasteiger partial charge >= 0.3 is 0 Å². The molecule has 1 heterocycles. The lowest BCUT2D eigenvalue weighted by atomic mass is 10.2. The van der Waals surface area contributed by atoms with Crippen molar-refractivity contribution in [3.8, 4) is 5.75 Å². The highest BCUT2D eigenvalue weighted by Gasteiger charge is 2.28. The Morgan fingerprint density at radius 2 is 1.72 bits per heavy atom. The van der Waals surface area contributed by atoms with Crippen molar-refractivity contribution in [1.82, 2.24) is 0 Å². The van der Waals surface area contributed by atoms with Crippen LogP contribution in [-0.4, -0.2) is 28.0 Å². The Kier molecular flexibility index (Phi) is 6.24. The van der Waals surface area contributed by atoms with Gasteiger partial charge < -0.3 is 10.1 Å². The highest BCUT2D eigenvalue weighted by molar-refractivity contribution is 7.93. The Balaban J connectivity index is 1.83. The van der Waals surface area contributed by atoms with Crippen LogP contribution in [0.4, 0.5) is 11.4 Å². The molecular formula is C21H22N2O4S2. The summed E-state index contributed by atoms with van der Waals surface area (Å²) in [5.74, 6) is 0.227. The van der Waals surface area contributed by atoms with E-state index in [-0.39, 0.29) is 9.77 Å². The number of hydrogen-bond donors (Lipinski definition) is 1. The number of nitrogens with one attached hydrogen (secondary N) is 1. The van der Waals surface area contributed by atoms with Crippen LogP contribution in [0.3, 0.4) is 0 Å². The van der Waals surface area contributed by atoms with Crippen molar-refractivity contribution in [3.63, 3.8) is 0 Å². The Morgan fingerprint density at radius 3 is 2.34 bits per heavy atom. The number of thiophene rings is 1. The van der Waals surface area contributed by atoms with Gasteiger partial charge in [-0.05, 0) is 61.7 Å². The smallest absolute Gasteiger partial charge is 0.267 e. The number of hydrogen-bond acceptors (Lipinski definition) is 5. The average Bonchev–Trinajstić information content (AvgIpc) is 3.21. The number of ether oxygens (including phenoxy) is 1. The maximum absolute atomic E-state index is 13.1. The van der Waals surface area contributed by atoms with Gasteiger partial charge in [-0.3, -0.25) is 9.10 Å². The second-order valence-corrected chi connectivity index (χ2v) is 9.19. The van der Waals surface area contributed by atoms with Crippen LogP contribution < -0.4 is 14.4 Å². The molecule has 0 aliphatic heterocycles. The summed E-state index contributed by atoms with van der Waals surface area (Å²) in [5, 5.41) is 4.35. The van der Waals surface area contributed by atoms with E-state index < -0.39 is 15.9 Å². The Hall–Kier alpha value is -2.84. The Bertz CT molecular complexity index is 1090. The van der Waals surface area contributed by atoms with E-state index in [0.29, 0.717) is 23.7 Å². The molecule has 0 saturated heterocycles. The summed E-state index contributed by atoms with van der Waals surface area (Å²) in [7, 11) is -2.40. The lowest BCUT2D eigenvalue weighted by Crippen LogP contribution is -2.28. The summed E-state index contributed by atoms with van der Waals surface area (Å²) < 4.78 is 32.8. The van der Waals surface area contributed by atoms with Crippen molar-refractivity contribution in [2.75, 3.05) is 23.3 Å². The number of rotatable bonds is 7. The first-order valence-corrected chi connectivity index (χ1v) is 11.3. The van der Waals surface area contributed by atoms with E-state index in [1.807, 2.05) is 26.0 Å². The largest absolute Gasteiger partial charge is 0.494 e. The number of carbonyl (C=O) groups is 1. The van der Waals surface area contributed by atoms with E-state index >= 15 is 0 Å². The normalized spacial score (nSPS) is 11.1. The topological polar surface area (TPSA) is 75.7 Å². The molecule has 2 aromatic carbocycles. The van der Waals surface area contributed by atoms with Crippen LogP contribution >= 0.6 is 11.3 Å². The van der Waals surface area contributed by atoms with Gasteiger partial charge in [0.05, 0.1) is 12.3 Å². The fourth-order valence-corrected chi connectivity index (χ4v) is 5.19. The molecule has 3 aromatic rings. The number of benzene rings is 2. The van der Waals surface area contributed by atoms with Crippen molar-refractivity contribution < 1.29 is 17.9 Å². The minimum Gasteiger partial charge on any atom is -0.494 e. The second kappa shape index (κ2) is 8.67. The van der Waals surface area contributed by atoms with E-state index in [1.54, 1.807) is 41.8 Å². The van der Waals surface area contributed by atoms with Crippen molar-refractivity contribution in [2.24, 2.45) is 0 Å². The molecule has 0 atom stereocenters. The molecule has 8 heteroatoms. The summed E-state index contributed by atoms with van der Waals surface area (Å²) in [6, 6.07) is 15.5. The number of anilines is 2. The molecule has 0 fully saturated rings. The highest BCUT2D eigenvalue weighted by atomic mass is 32.2. The third kappa shape index (κ3) is 4.60. The SMILES string of the molecule is CCOc1ccc(NC(=O)c2sccc2S(=O)(=O)N(C)c2ccc(C)cc2)cc1. The zero-order valence-electron chi connectivity index (χ0n) is 16.4. The lowest BCUT2D eigenvalue weighted by Gasteiger charge is -2.19. The van der Waals surface area contributed by atoms with Crippen molar-refractivity contribution in [2.45, 2.75) is 18.7 Å². The molecule has 152 valence electrons. The fourth-order valence-electron chi connectivity index (χ4n) is 2.70.